The molecule has 1 aliphatic carbocycles. The Kier molecular flexibility index (Phi) is 7.38. The Morgan fingerprint density at radius 3 is 2.32 bits per heavy atom. The quantitative estimate of drug-likeness (QED) is 0.605. The van der Waals surface area contributed by atoms with E-state index < -0.39 is 0 Å². The van der Waals surface area contributed by atoms with Gasteiger partial charge in [0.25, 0.3) is 0 Å². The van der Waals surface area contributed by atoms with E-state index in [1.165, 1.54) is 54.5 Å². The minimum absolute atomic E-state index is 0.788. The summed E-state index contributed by atoms with van der Waals surface area (Å²) in [5, 5.41) is 0. The van der Waals surface area contributed by atoms with Crippen LogP contribution >= 0.6 is 0 Å². The van der Waals surface area contributed by atoms with Crippen molar-refractivity contribution in [2.24, 2.45) is 5.92 Å². The maximum absolute atomic E-state index is 5.49. The molecule has 3 rings (SSSR count). The average Bonchev–Trinajstić information content (AvgIpc) is 2.72. The maximum Gasteiger partial charge on any atom is 0.161 e. The zero-order valence-electron chi connectivity index (χ0n) is 18.0. The molecule has 0 saturated carbocycles. The van der Waals surface area contributed by atoms with E-state index in [4.69, 9.17) is 9.47 Å². The molecule has 0 N–H and O–H groups in total. The molecule has 0 aliphatic heterocycles. The molecular formula is C25H35NO2. The molecule has 28 heavy (non-hydrogen) atoms. The molecule has 1 atom stereocenters. The molecule has 152 valence electrons. The molecule has 0 radical (unpaired) electrons. The van der Waals surface area contributed by atoms with Gasteiger partial charge in [0, 0.05) is 6.54 Å². The van der Waals surface area contributed by atoms with Crippen LogP contribution in [-0.2, 0) is 19.3 Å². The highest BCUT2D eigenvalue weighted by molar-refractivity contribution is 5.48. The fourth-order valence-corrected chi connectivity index (χ4v) is 4.24. The third-order valence-electron chi connectivity index (χ3n) is 6.09. The Morgan fingerprint density at radius 1 is 0.964 bits per heavy atom. The van der Waals surface area contributed by atoms with Crippen molar-refractivity contribution in [2.75, 3.05) is 34.4 Å². The van der Waals surface area contributed by atoms with Gasteiger partial charge in [0.15, 0.2) is 11.5 Å². The second-order valence-corrected chi connectivity index (χ2v) is 8.27. The van der Waals surface area contributed by atoms with Crippen LogP contribution in [0.4, 0.5) is 0 Å². The average molecular weight is 382 g/mol. The van der Waals surface area contributed by atoms with E-state index in [0.29, 0.717) is 0 Å². The highest BCUT2D eigenvalue weighted by atomic mass is 16.5. The van der Waals surface area contributed by atoms with E-state index in [1.807, 2.05) is 0 Å². The second kappa shape index (κ2) is 9.97. The van der Waals surface area contributed by atoms with E-state index in [2.05, 4.69) is 55.3 Å². The molecule has 0 amide bonds. The smallest absolute Gasteiger partial charge is 0.161 e. The van der Waals surface area contributed by atoms with Gasteiger partial charge in [0.2, 0.25) is 0 Å². The van der Waals surface area contributed by atoms with Crippen LogP contribution < -0.4 is 9.47 Å². The molecular weight excluding hydrogens is 346 g/mol. The van der Waals surface area contributed by atoms with E-state index in [1.54, 1.807) is 14.2 Å². The monoisotopic (exact) mass is 381 g/mol. The molecule has 0 saturated heterocycles. The zero-order chi connectivity index (χ0) is 19.9. The van der Waals surface area contributed by atoms with Crippen molar-refractivity contribution in [1.82, 2.24) is 4.90 Å². The first-order valence-electron chi connectivity index (χ1n) is 10.6. The number of benzene rings is 2. The minimum Gasteiger partial charge on any atom is -0.493 e. The summed E-state index contributed by atoms with van der Waals surface area (Å²) >= 11 is 0. The van der Waals surface area contributed by atoms with Crippen LogP contribution in [0.5, 0.6) is 11.5 Å². The summed E-state index contributed by atoms with van der Waals surface area (Å²) in [6.07, 6.45) is 7.33. The Hall–Kier alpha value is -2.00. The van der Waals surface area contributed by atoms with Crippen LogP contribution in [0.15, 0.2) is 36.4 Å². The normalized spacial score (nSPS) is 16.1. The number of hydrogen-bond donors (Lipinski definition) is 0. The summed E-state index contributed by atoms with van der Waals surface area (Å²) in [4.78, 5) is 2.48. The number of aryl methyl sites for hydroxylation is 2. The molecule has 1 aliphatic rings. The van der Waals surface area contributed by atoms with Gasteiger partial charge in [0.05, 0.1) is 14.2 Å². The summed E-state index contributed by atoms with van der Waals surface area (Å²) in [7, 11) is 5.68. The lowest BCUT2D eigenvalue weighted by atomic mass is 9.81. The van der Waals surface area contributed by atoms with Gasteiger partial charge in [-0.05, 0) is 93.8 Å². The molecule has 2 aromatic carbocycles. The van der Waals surface area contributed by atoms with Crippen molar-refractivity contribution in [3.8, 4) is 11.5 Å². The number of fused-ring (bicyclic) bond motifs is 1. The summed E-state index contributed by atoms with van der Waals surface area (Å²) in [6, 6.07) is 13.3. The zero-order valence-corrected chi connectivity index (χ0v) is 18.0. The van der Waals surface area contributed by atoms with Crippen LogP contribution in [0.1, 0.15) is 41.5 Å². The first-order chi connectivity index (χ1) is 13.6. The summed E-state index contributed by atoms with van der Waals surface area (Å²) in [5.74, 6) is 2.50. The van der Waals surface area contributed by atoms with Crippen LogP contribution in [-0.4, -0.2) is 39.3 Å². The third-order valence-corrected chi connectivity index (χ3v) is 6.09. The second-order valence-electron chi connectivity index (χ2n) is 8.27. The molecule has 1 unspecified atom stereocenters. The lowest BCUT2D eigenvalue weighted by Gasteiger charge is -2.26. The number of rotatable bonds is 9. The van der Waals surface area contributed by atoms with Gasteiger partial charge < -0.3 is 14.4 Å². The van der Waals surface area contributed by atoms with Gasteiger partial charge in [-0.2, -0.15) is 0 Å². The molecule has 3 heteroatoms. The first kappa shape index (κ1) is 20.7. The first-order valence-corrected chi connectivity index (χ1v) is 10.6. The molecule has 0 bridgehead atoms. The molecule has 2 aromatic rings. The summed E-state index contributed by atoms with van der Waals surface area (Å²) in [6.45, 7) is 4.46. The van der Waals surface area contributed by atoms with Crippen molar-refractivity contribution in [2.45, 2.75) is 45.4 Å². The minimum atomic E-state index is 0.788. The van der Waals surface area contributed by atoms with Gasteiger partial charge in [-0.15, -0.1) is 0 Å². The van der Waals surface area contributed by atoms with Crippen LogP contribution in [0, 0.1) is 12.8 Å². The maximum atomic E-state index is 5.49. The molecule has 3 nitrogen and oxygen atoms in total. The Bertz CT molecular complexity index is 754. The van der Waals surface area contributed by atoms with Crippen LogP contribution in [0.3, 0.4) is 0 Å². The number of ether oxygens (including phenoxy) is 2. The lowest BCUT2D eigenvalue weighted by molar-refractivity contribution is 0.307. The van der Waals surface area contributed by atoms with E-state index in [9.17, 15) is 0 Å². The molecule has 0 spiro atoms. The van der Waals surface area contributed by atoms with Crippen molar-refractivity contribution in [3.63, 3.8) is 0 Å². The SMILES string of the molecule is COc1cc2c(cc1OC)CC(CCCN(C)CCc1ccc(C)cc1)CC2. The van der Waals surface area contributed by atoms with Gasteiger partial charge >= 0.3 is 0 Å². The number of hydrogen-bond acceptors (Lipinski definition) is 3. The number of nitrogens with zero attached hydrogens (tertiary/aromatic N) is 1. The van der Waals surface area contributed by atoms with Crippen LogP contribution in [0.25, 0.3) is 0 Å². The summed E-state index contributed by atoms with van der Waals surface area (Å²) < 4.78 is 10.9. The Morgan fingerprint density at radius 2 is 1.64 bits per heavy atom. The standard InChI is InChI=1S/C25H35NO2/c1-19-7-9-20(10-8-19)13-15-26(2)14-5-6-21-11-12-22-17-24(27-3)25(28-4)18-23(22)16-21/h7-10,17-18,21H,5-6,11-16H2,1-4H3. The molecule has 0 fully saturated rings. The van der Waals surface area contributed by atoms with Crippen molar-refractivity contribution in [3.05, 3.63) is 58.7 Å². The molecule has 0 aromatic heterocycles. The van der Waals surface area contributed by atoms with Gasteiger partial charge in [-0.25, -0.2) is 0 Å². The predicted molar refractivity (Wildman–Crippen MR) is 117 cm³/mol. The third kappa shape index (κ3) is 5.51. The highest BCUT2D eigenvalue weighted by Crippen LogP contribution is 2.36. The van der Waals surface area contributed by atoms with Crippen LogP contribution in [0.2, 0.25) is 0 Å². The van der Waals surface area contributed by atoms with Crippen molar-refractivity contribution >= 4 is 0 Å². The Balaban J connectivity index is 1.42. The number of likely N-dealkylation sites (N-methyl/N-ethyl adjacent to an activating group) is 1. The highest BCUT2D eigenvalue weighted by Gasteiger charge is 2.21. The van der Waals surface area contributed by atoms with Gasteiger partial charge in [-0.1, -0.05) is 29.8 Å². The lowest BCUT2D eigenvalue weighted by Crippen LogP contribution is -2.23. The number of methoxy groups -OCH3 is 2. The largest absolute Gasteiger partial charge is 0.493 e. The van der Waals surface area contributed by atoms with Crippen molar-refractivity contribution in [1.29, 1.82) is 0 Å². The van der Waals surface area contributed by atoms with E-state index in [-0.39, 0.29) is 0 Å². The van der Waals surface area contributed by atoms with Crippen molar-refractivity contribution < 1.29 is 9.47 Å². The van der Waals surface area contributed by atoms with E-state index in [0.717, 1.165) is 36.8 Å². The van der Waals surface area contributed by atoms with Gasteiger partial charge in [-0.3, -0.25) is 0 Å². The van der Waals surface area contributed by atoms with Gasteiger partial charge in [0.1, 0.15) is 0 Å². The topological polar surface area (TPSA) is 21.7 Å². The summed E-state index contributed by atoms with van der Waals surface area (Å²) in [5.41, 5.74) is 5.65. The fourth-order valence-electron chi connectivity index (χ4n) is 4.24. The Labute approximate surface area is 170 Å². The van der Waals surface area contributed by atoms with E-state index >= 15 is 0 Å². The predicted octanol–water partition coefficient (Wildman–Crippen LogP) is 5.07. The fraction of sp³-hybridized carbons (Fsp3) is 0.520. The molecule has 0 heterocycles.